The predicted octanol–water partition coefficient (Wildman–Crippen LogP) is 6.04. The molecule has 3 aromatic carbocycles. The van der Waals surface area contributed by atoms with Crippen molar-refractivity contribution in [3.05, 3.63) is 106 Å². The summed E-state index contributed by atoms with van der Waals surface area (Å²) in [7, 11) is 0. The summed E-state index contributed by atoms with van der Waals surface area (Å²) in [5.74, 6) is -3.88. The third-order valence-corrected chi connectivity index (χ3v) is 11.4. The Hall–Kier alpha value is -4.56. The van der Waals surface area contributed by atoms with E-state index < -0.39 is 35.0 Å². The van der Waals surface area contributed by atoms with Crippen molar-refractivity contribution in [3.8, 4) is 5.75 Å². The summed E-state index contributed by atoms with van der Waals surface area (Å²) >= 11 is 1.51. The first-order chi connectivity index (χ1) is 21.3. The van der Waals surface area contributed by atoms with Gasteiger partial charge in [-0.3, -0.25) is 24.1 Å². The Morgan fingerprint density at radius 3 is 2.41 bits per heavy atom. The van der Waals surface area contributed by atoms with Gasteiger partial charge in [-0.25, -0.2) is 4.90 Å². The molecule has 8 rings (SSSR count). The lowest BCUT2D eigenvalue weighted by molar-refractivity contribution is -0.141. The lowest BCUT2D eigenvalue weighted by atomic mass is 9.51. The number of hydrogen-bond acceptors (Lipinski definition) is 6. The highest BCUT2D eigenvalue weighted by atomic mass is 32.1. The van der Waals surface area contributed by atoms with Crippen LogP contribution in [0.2, 0.25) is 0 Å². The summed E-state index contributed by atoms with van der Waals surface area (Å²) < 4.78 is 0. The SMILES string of the molecule is CC12C(=O)N(c3ccccc3)C(=O)C1CC1C(=CCC3C(=O)N(Cc4cccs4)C(=O)C31)C2c1ccc2ccccc2c1O. The number of rotatable bonds is 4. The molecule has 2 aliphatic heterocycles. The second-order valence-corrected chi connectivity index (χ2v) is 13.6. The number of allylic oxidation sites excluding steroid dienone is 2. The first-order valence-electron chi connectivity index (χ1n) is 15.0. The molecule has 8 heteroatoms. The minimum absolute atomic E-state index is 0.0725. The van der Waals surface area contributed by atoms with E-state index in [1.807, 2.05) is 73.0 Å². The van der Waals surface area contributed by atoms with E-state index >= 15 is 0 Å². The zero-order chi connectivity index (χ0) is 30.3. The number of likely N-dealkylation sites (tertiary alicyclic amines) is 1. The summed E-state index contributed by atoms with van der Waals surface area (Å²) in [6.07, 6.45) is 2.68. The van der Waals surface area contributed by atoms with E-state index in [4.69, 9.17) is 0 Å². The first-order valence-corrected chi connectivity index (χ1v) is 15.9. The van der Waals surface area contributed by atoms with Gasteiger partial charge in [0.25, 0.3) is 0 Å². The maximum absolute atomic E-state index is 14.5. The van der Waals surface area contributed by atoms with E-state index in [-0.39, 0.29) is 42.3 Å². The number of phenolic OH excluding ortho intramolecular Hbond substituents is 1. The smallest absolute Gasteiger partial charge is 0.241 e. The van der Waals surface area contributed by atoms with Gasteiger partial charge in [0.1, 0.15) is 5.75 Å². The molecule has 220 valence electrons. The Bertz CT molecular complexity index is 1900. The number of imide groups is 2. The number of carbonyl (C=O) groups excluding carboxylic acids is 4. The topological polar surface area (TPSA) is 95.0 Å². The molecule has 3 fully saturated rings. The number of benzene rings is 3. The van der Waals surface area contributed by atoms with Gasteiger partial charge < -0.3 is 5.11 Å². The molecule has 2 saturated heterocycles. The summed E-state index contributed by atoms with van der Waals surface area (Å²) in [6, 6.07) is 24.1. The number of amides is 4. The van der Waals surface area contributed by atoms with Gasteiger partial charge in [-0.05, 0) is 54.6 Å². The van der Waals surface area contributed by atoms with Crippen molar-refractivity contribution in [2.45, 2.75) is 32.2 Å². The van der Waals surface area contributed by atoms with Crippen molar-refractivity contribution in [3.63, 3.8) is 0 Å². The van der Waals surface area contributed by atoms with Crippen LogP contribution in [0.15, 0.2) is 95.9 Å². The molecule has 4 amide bonds. The standard InChI is InChI=1S/C36H30N2O5S/c1-36-28(33(41)38(35(36)43)21-9-3-2-4-10-21)18-27-24(30(36)26-14-13-20-8-5-6-12-23(20)31(26)39)15-16-25-29(27)34(42)37(32(25)40)19-22-11-7-17-44-22/h2-15,17,25,27-30,39H,16,18-19H2,1H3. The molecule has 0 radical (unpaired) electrons. The van der Waals surface area contributed by atoms with E-state index in [1.165, 1.54) is 21.1 Å². The van der Waals surface area contributed by atoms with E-state index in [0.717, 1.165) is 15.8 Å². The zero-order valence-electron chi connectivity index (χ0n) is 24.1. The van der Waals surface area contributed by atoms with Crippen LogP contribution in [0.1, 0.15) is 36.1 Å². The molecule has 2 aliphatic carbocycles. The fraction of sp³-hybridized carbons (Fsp3) is 0.278. The third kappa shape index (κ3) is 3.60. The highest BCUT2D eigenvalue weighted by Crippen LogP contribution is 2.64. The predicted molar refractivity (Wildman–Crippen MR) is 167 cm³/mol. The molecule has 4 aliphatic rings. The van der Waals surface area contributed by atoms with E-state index in [1.54, 1.807) is 24.3 Å². The molecule has 0 bridgehead atoms. The second kappa shape index (κ2) is 9.72. The maximum Gasteiger partial charge on any atom is 0.241 e. The van der Waals surface area contributed by atoms with Gasteiger partial charge in [0.05, 0.1) is 35.4 Å². The number of thiophene rings is 1. The van der Waals surface area contributed by atoms with Crippen molar-refractivity contribution in [2.75, 3.05) is 4.90 Å². The van der Waals surface area contributed by atoms with Crippen LogP contribution >= 0.6 is 11.3 Å². The number of anilines is 1. The second-order valence-electron chi connectivity index (χ2n) is 12.6. The zero-order valence-corrected chi connectivity index (χ0v) is 24.9. The number of para-hydroxylation sites is 1. The molecule has 0 spiro atoms. The number of nitrogens with zero attached hydrogens (tertiary/aromatic N) is 2. The van der Waals surface area contributed by atoms with Crippen LogP contribution in [0.3, 0.4) is 0 Å². The van der Waals surface area contributed by atoms with Crippen LogP contribution in [-0.4, -0.2) is 33.6 Å². The highest BCUT2D eigenvalue weighted by Gasteiger charge is 2.67. The van der Waals surface area contributed by atoms with Crippen LogP contribution in [0.25, 0.3) is 10.8 Å². The molecule has 7 nitrogen and oxygen atoms in total. The summed E-state index contributed by atoms with van der Waals surface area (Å²) in [5, 5.41) is 15.2. The van der Waals surface area contributed by atoms with Crippen molar-refractivity contribution < 1.29 is 24.3 Å². The monoisotopic (exact) mass is 602 g/mol. The number of hydrogen-bond donors (Lipinski definition) is 1. The fourth-order valence-electron chi connectivity index (χ4n) is 8.47. The Morgan fingerprint density at radius 2 is 1.64 bits per heavy atom. The average molecular weight is 603 g/mol. The first kappa shape index (κ1) is 27.0. The van der Waals surface area contributed by atoms with E-state index in [0.29, 0.717) is 23.1 Å². The van der Waals surface area contributed by atoms with Crippen LogP contribution in [-0.2, 0) is 25.7 Å². The molecule has 6 atom stereocenters. The van der Waals surface area contributed by atoms with Crippen molar-refractivity contribution in [1.82, 2.24) is 4.90 Å². The molecule has 3 heterocycles. The third-order valence-electron chi connectivity index (χ3n) is 10.5. The van der Waals surface area contributed by atoms with E-state index in [2.05, 4.69) is 0 Å². The number of carbonyl (C=O) groups is 4. The molecule has 1 aromatic heterocycles. The van der Waals surface area contributed by atoms with Crippen LogP contribution in [0.5, 0.6) is 5.75 Å². The lowest BCUT2D eigenvalue weighted by Gasteiger charge is -2.49. The minimum Gasteiger partial charge on any atom is -0.507 e. The molecule has 1 N–H and O–H groups in total. The Morgan fingerprint density at radius 1 is 0.864 bits per heavy atom. The minimum atomic E-state index is -1.20. The van der Waals surface area contributed by atoms with Gasteiger partial charge in [0, 0.05) is 21.7 Å². The normalized spacial score (nSPS) is 29.6. The largest absolute Gasteiger partial charge is 0.507 e. The van der Waals surface area contributed by atoms with Gasteiger partial charge >= 0.3 is 0 Å². The molecule has 44 heavy (non-hydrogen) atoms. The lowest BCUT2D eigenvalue weighted by Crippen LogP contribution is -2.48. The Balaban J connectivity index is 1.29. The van der Waals surface area contributed by atoms with Crippen LogP contribution in [0.4, 0.5) is 5.69 Å². The van der Waals surface area contributed by atoms with Crippen molar-refractivity contribution >= 4 is 51.4 Å². The summed E-state index contributed by atoms with van der Waals surface area (Å²) in [5.41, 5.74) is 0.730. The average Bonchev–Trinajstić information content (AvgIpc) is 3.69. The van der Waals surface area contributed by atoms with Crippen molar-refractivity contribution in [2.24, 2.45) is 29.1 Å². The van der Waals surface area contributed by atoms with Crippen LogP contribution < -0.4 is 4.90 Å². The summed E-state index contributed by atoms with van der Waals surface area (Å²) in [4.78, 5) is 60.2. The summed E-state index contributed by atoms with van der Waals surface area (Å²) in [6.45, 7) is 2.08. The van der Waals surface area contributed by atoms with Gasteiger partial charge in [0.2, 0.25) is 23.6 Å². The number of fused-ring (bicyclic) bond motifs is 5. The van der Waals surface area contributed by atoms with Crippen LogP contribution in [0, 0.1) is 29.1 Å². The van der Waals surface area contributed by atoms with Gasteiger partial charge in [0.15, 0.2) is 0 Å². The van der Waals surface area contributed by atoms with Gasteiger partial charge in [-0.15, -0.1) is 11.3 Å². The molecular weight excluding hydrogens is 572 g/mol. The van der Waals surface area contributed by atoms with Gasteiger partial charge in [-0.2, -0.15) is 0 Å². The molecule has 1 saturated carbocycles. The molecule has 4 aromatic rings. The van der Waals surface area contributed by atoms with E-state index in [9.17, 15) is 24.3 Å². The van der Waals surface area contributed by atoms with Crippen molar-refractivity contribution in [1.29, 1.82) is 0 Å². The number of phenols is 1. The highest BCUT2D eigenvalue weighted by molar-refractivity contribution is 7.09. The molecular formula is C36H30N2O5S. The van der Waals surface area contributed by atoms with Gasteiger partial charge in [-0.1, -0.05) is 72.3 Å². The maximum atomic E-state index is 14.5. The quantitative estimate of drug-likeness (QED) is 0.227. The fourth-order valence-corrected chi connectivity index (χ4v) is 9.16. The molecule has 6 unspecified atom stereocenters. The Kier molecular flexibility index (Phi) is 5.97. The number of aromatic hydroxyl groups is 1. The Labute approximate surface area is 258 Å².